The van der Waals surface area contributed by atoms with Crippen molar-refractivity contribution in [3.05, 3.63) is 194 Å². The van der Waals surface area contributed by atoms with Gasteiger partial charge in [-0.25, -0.2) is 0 Å². The van der Waals surface area contributed by atoms with E-state index < -0.39 is 0 Å². The van der Waals surface area contributed by atoms with Gasteiger partial charge in [0.15, 0.2) is 0 Å². The molecule has 0 radical (unpaired) electrons. The molecule has 2 nitrogen and oxygen atoms in total. The number of hydrogen-bond donors (Lipinski definition) is 0. The van der Waals surface area contributed by atoms with Crippen LogP contribution in [0.2, 0.25) is 0 Å². The van der Waals surface area contributed by atoms with Gasteiger partial charge < -0.3 is 8.80 Å². The van der Waals surface area contributed by atoms with Crippen LogP contribution in [-0.2, 0) is 0 Å². The van der Waals surface area contributed by atoms with E-state index in [4.69, 9.17) is 0 Å². The summed E-state index contributed by atoms with van der Waals surface area (Å²) in [6.07, 6.45) is 0. The fraction of sp³-hybridized carbons (Fsp3) is 0. The normalized spacial score (nSPS) is 12.3. The summed E-state index contributed by atoms with van der Waals surface area (Å²) in [7, 11) is 0. The lowest BCUT2D eigenvalue weighted by Crippen LogP contribution is -1.89. The van der Waals surface area contributed by atoms with Gasteiger partial charge in [0.05, 0.1) is 33.1 Å². The lowest BCUT2D eigenvalue weighted by molar-refractivity contribution is 1.34. The smallest absolute Gasteiger partial charge is 0.0619 e. The molecule has 0 N–H and O–H groups in total. The van der Waals surface area contributed by atoms with Crippen molar-refractivity contribution in [3.8, 4) is 0 Å². The molecule has 0 aliphatic carbocycles. The molecule has 2 heteroatoms. The Morgan fingerprint density at radius 2 is 0.411 bits per heavy atom. The van der Waals surface area contributed by atoms with Crippen molar-refractivity contribution in [1.29, 1.82) is 0 Å². The molecule has 0 fully saturated rings. The van der Waals surface area contributed by atoms with Gasteiger partial charge in [-0.15, -0.1) is 0 Å². The summed E-state index contributed by atoms with van der Waals surface area (Å²) in [5, 5.41) is 19.8. The molecule has 0 atom stereocenters. The van der Waals surface area contributed by atoms with Gasteiger partial charge >= 0.3 is 0 Å². The van der Waals surface area contributed by atoms with Crippen molar-refractivity contribution >= 4 is 119 Å². The molecule has 4 aromatic heterocycles. The van der Waals surface area contributed by atoms with Crippen molar-refractivity contribution in [2.75, 3.05) is 0 Å². The van der Waals surface area contributed by atoms with Crippen LogP contribution in [0.5, 0.6) is 0 Å². The van der Waals surface area contributed by atoms with Crippen LogP contribution in [0.4, 0.5) is 0 Å². The van der Waals surface area contributed by atoms with Crippen molar-refractivity contribution in [1.82, 2.24) is 8.80 Å². The Kier molecular flexibility index (Phi) is 5.92. The van der Waals surface area contributed by atoms with E-state index in [1.54, 1.807) is 0 Å². The maximum Gasteiger partial charge on any atom is 0.0619 e. The van der Waals surface area contributed by atoms with E-state index in [2.05, 4.69) is 203 Å². The van der Waals surface area contributed by atoms with Crippen LogP contribution in [0.1, 0.15) is 0 Å². The van der Waals surface area contributed by atoms with E-state index in [0.29, 0.717) is 0 Å². The number of benzene rings is 9. The third kappa shape index (κ3) is 3.85. The number of fused-ring (bicyclic) bond motifs is 20. The summed E-state index contributed by atoms with van der Waals surface area (Å²) >= 11 is 0. The van der Waals surface area contributed by atoms with Crippen molar-refractivity contribution in [2.45, 2.75) is 0 Å². The van der Waals surface area contributed by atoms with E-state index in [9.17, 15) is 0 Å². The van der Waals surface area contributed by atoms with E-state index in [1.807, 2.05) is 0 Å². The van der Waals surface area contributed by atoms with E-state index >= 15 is 0 Å². The Morgan fingerprint density at radius 3 is 0.821 bits per heavy atom. The van der Waals surface area contributed by atoms with Gasteiger partial charge in [0.25, 0.3) is 0 Å². The molecule has 258 valence electrons. The van der Waals surface area contributed by atoms with Gasteiger partial charge in [0.2, 0.25) is 0 Å². The highest BCUT2D eigenvalue weighted by atomic mass is 14.9. The molecule has 9 aromatic carbocycles. The number of para-hydroxylation sites is 4. The molecule has 13 rings (SSSR count). The summed E-state index contributed by atoms with van der Waals surface area (Å²) < 4.78 is 5.12. The molecule has 13 aromatic rings. The quantitative estimate of drug-likeness (QED) is 0.148. The zero-order valence-electron chi connectivity index (χ0n) is 30.4. The second kappa shape index (κ2) is 11.1. The highest BCUT2D eigenvalue weighted by Gasteiger charge is 2.19. The number of nitrogens with zero attached hydrogens (tertiary/aromatic N) is 2. The molecule has 4 heterocycles. The molecule has 0 unspecified atom stereocenters. The van der Waals surface area contributed by atoms with Crippen LogP contribution in [0.3, 0.4) is 0 Å². The molecule has 0 saturated heterocycles. The van der Waals surface area contributed by atoms with Crippen LogP contribution in [0.25, 0.3) is 119 Å². The zero-order chi connectivity index (χ0) is 36.5. The lowest BCUT2D eigenvalue weighted by Gasteiger charge is -2.07. The van der Waals surface area contributed by atoms with E-state index in [-0.39, 0.29) is 0 Å². The first-order valence-corrected chi connectivity index (χ1v) is 19.4. The number of rotatable bonds is 0. The Labute approximate surface area is 321 Å². The first kappa shape index (κ1) is 30.0. The summed E-state index contributed by atoms with van der Waals surface area (Å²) in [5.74, 6) is 0. The standard InChI is InChI=1S/C54H32N2/c1-5-19-37-33(15-1)34-16-2-6-20-38(34)44-26-14-28-46-48-32-51-47(31-52(48)55(54(44)46)49-29-11-9-23-41(37)49)40-22-8-4-18-36(40)35-17-3-7-21-39(35)43-25-13-27-45-42-24-10-12-30-50(42)56(51)53(43)45/h1-32H. The fourth-order valence-corrected chi connectivity index (χ4v) is 10.2. The van der Waals surface area contributed by atoms with Crippen molar-refractivity contribution in [3.63, 3.8) is 0 Å². The minimum atomic E-state index is 1.18. The average Bonchev–Trinajstić information content (AvgIpc) is 3.80. The Bertz CT molecular complexity index is 3940. The molecule has 0 bridgehead atoms. The van der Waals surface area contributed by atoms with Crippen LogP contribution in [-0.4, -0.2) is 8.80 Å². The average molecular weight is 709 g/mol. The van der Waals surface area contributed by atoms with E-state index in [0.717, 1.165) is 0 Å². The second-order valence-electron chi connectivity index (χ2n) is 15.2. The Balaban J connectivity index is 1.43. The summed E-state index contributed by atoms with van der Waals surface area (Å²) in [5.41, 5.74) is 7.24. The minimum absolute atomic E-state index is 1.18. The maximum atomic E-state index is 2.56. The molecule has 0 aliphatic heterocycles. The predicted molar refractivity (Wildman–Crippen MR) is 241 cm³/mol. The second-order valence-corrected chi connectivity index (χ2v) is 15.2. The van der Waals surface area contributed by atoms with Gasteiger partial charge in [-0.2, -0.15) is 0 Å². The first-order valence-electron chi connectivity index (χ1n) is 19.4. The Morgan fingerprint density at radius 1 is 0.179 bits per heavy atom. The molecule has 56 heavy (non-hydrogen) atoms. The van der Waals surface area contributed by atoms with Gasteiger partial charge in [0.1, 0.15) is 0 Å². The highest BCUT2D eigenvalue weighted by Crippen LogP contribution is 2.43. The van der Waals surface area contributed by atoms with Crippen molar-refractivity contribution < 1.29 is 0 Å². The molecular formula is C54H32N2. The molecular weight excluding hydrogens is 677 g/mol. The Hall–Kier alpha value is -7.42. The predicted octanol–water partition coefficient (Wildman–Crippen LogP) is 14.8. The third-order valence-corrected chi connectivity index (χ3v) is 12.4. The van der Waals surface area contributed by atoms with Gasteiger partial charge in [0, 0.05) is 43.1 Å². The zero-order valence-corrected chi connectivity index (χ0v) is 30.4. The maximum absolute atomic E-state index is 2.56. The summed E-state index contributed by atoms with van der Waals surface area (Å²) in [6, 6.07) is 72.5. The van der Waals surface area contributed by atoms with Crippen LogP contribution < -0.4 is 0 Å². The molecule has 0 saturated carbocycles. The van der Waals surface area contributed by atoms with Gasteiger partial charge in [-0.05, 0) is 67.4 Å². The lowest BCUT2D eigenvalue weighted by atomic mass is 9.99. The van der Waals surface area contributed by atoms with Crippen LogP contribution in [0.15, 0.2) is 194 Å². The largest absolute Gasteiger partial charge is 0.308 e. The van der Waals surface area contributed by atoms with Gasteiger partial charge in [-0.3, -0.25) is 0 Å². The number of aromatic nitrogens is 2. The molecule has 0 spiro atoms. The first-order chi connectivity index (χ1) is 27.8. The van der Waals surface area contributed by atoms with Gasteiger partial charge in [-0.1, -0.05) is 170 Å². The SMILES string of the molecule is c1ccc2c(c1)c1ccccc1c1cccc3c4ccccc4n(c4cc5c6cccc7c8ccccc8c8ccccc8c8ccccc8n(c5cc24)c76)c13. The monoisotopic (exact) mass is 708 g/mol. The van der Waals surface area contributed by atoms with Crippen LogP contribution >= 0.6 is 0 Å². The number of hydrogen-bond acceptors (Lipinski definition) is 0. The molecule has 0 aliphatic rings. The summed E-state index contributed by atoms with van der Waals surface area (Å²) in [6.45, 7) is 0. The third-order valence-electron chi connectivity index (χ3n) is 12.4. The molecule has 0 amide bonds. The fourth-order valence-electron chi connectivity index (χ4n) is 10.2. The highest BCUT2D eigenvalue weighted by molar-refractivity contribution is 6.29. The topological polar surface area (TPSA) is 8.82 Å². The van der Waals surface area contributed by atoms with Crippen LogP contribution in [0, 0.1) is 0 Å². The van der Waals surface area contributed by atoms with Crippen molar-refractivity contribution in [2.24, 2.45) is 0 Å². The summed E-state index contributed by atoms with van der Waals surface area (Å²) in [4.78, 5) is 0. The van der Waals surface area contributed by atoms with E-state index in [1.165, 1.54) is 119 Å². The minimum Gasteiger partial charge on any atom is -0.308 e.